The highest BCUT2D eigenvalue weighted by atomic mass is 35.5. The Labute approximate surface area is 199 Å². The van der Waals surface area contributed by atoms with Gasteiger partial charge in [0.25, 0.3) is 5.91 Å². The average molecular weight is 513 g/mol. The minimum Gasteiger partial charge on any atom is -0.497 e. The number of carbonyl (C=O) groups is 1. The Kier molecular flexibility index (Phi) is 7.86. The van der Waals surface area contributed by atoms with Crippen molar-refractivity contribution in [1.29, 1.82) is 0 Å². The molecule has 0 aliphatic carbocycles. The summed E-state index contributed by atoms with van der Waals surface area (Å²) in [6, 6.07) is 15.4. The summed E-state index contributed by atoms with van der Waals surface area (Å²) >= 11 is 5.82. The van der Waals surface area contributed by atoms with Gasteiger partial charge in [-0.05, 0) is 53.6 Å². The van der Waals surface area contributed by atoms with Crippen molar-refractivity contribution in [3.63, 3.8) is 0 Å². The molecule has 6 nitrogen and oxygen atoms in total. The first-order chi connectivity index (χ1) is 16.0. The molecular weight excluding hydrogens is 493 g/mol. The number of alkyl halides is 3. The van der Waals surface area contributed by atoms with Gasteiger partial charge in [0.15, 0.2) is 0 Å². The van der Waals surface area contributed by atoms with Gasteiger partial charge < -0.3 is 10.1 Å². The van der Waals surface area contributed by atoms with E-state index in [2.05, 4.69) is 10.0 Å². The van der Waals surface area contributed by atoms with Crippen LogP contribution in [0.15, 0.2) is 71.6 Å². The molecule has 0 aromatic heterocycles. The summed E-state index contributed by atoms with van der Waals surface area (Å²) in [4.78, 5) is 11.7. The molecule has 0 aliphatic heterocycles. The molecule has 34 heavy (non-hydrogen) atoms. The van der Waals surface area contributed by atoms with Crippen molar-refractivity contribution < 1.29 is 31.1 Å². The predicted octanol–water partition coefficient (Wildman–Crippen LogP) is 4.78. The number of halogens is 4. The SMILES string of the molecule is COc1ccc(CNC(=O)c2ccc(CNS(=O)(=O)c3cc(C(F)(F)F)ccc3Cl)cc2)cc1. The summed E-state index contributed by atoms with van der Waals surface area (Å²) in [5, 5.41) is 2.45. The van der Waals surface area contributed by atoms with E-state index in [1.54, 1.807) is 31.4 Å². The lowest BCUT2D eigenvalue weighted by molar-refractivity contribution is -0.137. The largest absolute Gasteiger partial charge is 0.497 e. The molecule has 3 aromatic carbocycles. The maximum atomic E-state index is 12.9. The monoisotopic (exact) mass is 512 g/mol. The Hall–Kier alpha value is -3.08. The van der Waals surface area contributed by atoms with Gasteiger partial charge in [0.2, 0.25) is 10.0 Å². The van der Waals surface area contributed by atoms with Crippen LogP contribution in [-0.4, -0.2) is 21.4 Å². The highest BCUT2D eigenvalue weighted by Crippen LogP contribution is 2.33. The van der Waals surface area contributed by atoms with Crippen LogP contribution in [0.2, 0.25) is 5.02 Å². The zero-order valence-corrected chi connectivity index (χ0v) is 19.4. The Bertz CT molecular complexity index is 1260. The smallest absolute Gasteiger partial charge is 0.416 e. The molecule has 3 aromatic rings. The van der Waals surface area contributed by atoms with E-state index in [-0.39, 0.29) is 17.5 Å². The van der Waals surface area contributed by atoms with Crippen LogP contribution in [0.5, 0.6) is 5.75 Å². The fourth-order valence-corrected chi connectivity index (χ4v) is 4.48. The second-order valence-electron chi connectivity index (χ2n) is 7.20. The standard InChI is InChI=1S/C23H20ClF3N2O4S/c1-33-19-9-4-15(5-10-19)13-28-22(30)17-6-2-16(3-7-17)14-29-34(31,32)21-12-18(23(25,26)27)8-11-20(21)24/h2-12,29H,13-14H2,1H3,(H,28,30). The zero-order valence-electron chi connectivity index (χ0n) is 17.8. The number of nitrogens with one attached hydrogen (secondary N) is 2. The normalized spacial score (nSPS) is 11.8. The highest BCUT2D eigenvalue weighted by molar-refractivity contribution is 7.89. The number of carbonyl (C=O) groups excluding carboxylic acids is 1. The van der Waals surface area contributed by atoms with Gasteiger partial charge in [-0.2, -0.15) is 13.2 Å². The first kappa shape index (κ1) is 25.5. The van der Waals surface area contributed by atoms with E-state index in [1.807, 2.05) is 12.1 Å². The van der Waals surface area contributed by atoms with Gasteiger partial charge in [0.05, 0.1) is 17.7 Å². The van der Waals surface area contributed by atoms with Crippen LogP contribution < -0.4 is 14.8 Å². The van der Waals surface area contributed by atoms with Crippen molar-refractivity contribution in [3.05, 3.63) is 94.0 Å². The van der Waals surface area contributed by atoms with Gasteiger partial charge in [0, 0.05) is 18.7 Å². The molecule has 0 fully saturated rings. The van der Waals surface area contributed by atoms with Crippen molar-refractivity contribution in [1.82, 2.24) is 10.0 Å². The van der Waals surface area contributed by atoms with Crippen molar-refractivity contribution in [3.8, 4) is 5.75 Å². The van der Waals surface area contributed by atoms with E-state index in [1.165, 1.54) is 12.1 Å². The molecule has 180 valence electrons. The highest BCUT2D eigenvalue weighted by Gasteiger charge is 2.32. The molecule has 2 N–H and O–H groups in total. The van der Waals surface area contributed by atoms with E-state index in [9.17, 15) is 26.4 Å². The maximum absolute atomic E-state index is 12.9. The van der Waals surface area contributed by atoms with Gasteiger partial charge >= 0.3 is 6.18 Å². The fourth-order valence-electron chi connectivity index (χ4n) is 2.94. The first-order valence-electron chi connectivity index (χ1n) is 9.86. The second kappa shape index (κ2) is 10.5. The number of amides is 1. The first-order valence-corrected chi connectivity index (χ1v) is 11.7. The second-order valence-corrected chi connectivity index (χ2v) is 9.34. The number of sulfonamides is 1. The molecule has 0 spiro atoms. The third kappa shape index (κ3) is 6.49. The van der Waals surface area contributed by atoms with Gasteiger partial charge in [-0.1, -0.05) is 35.9 Å². The molecule has 0 heterocycles. The Balaban J connectivity index is 1.61. The molecule has 11 heteroatoms. The van der Waals surface area contributed by atoms with Gasteiger partial charge in [-0.15, -0.1) is 0 Å². The number of methoxy groups -OCH3 is 1. The molecule has 0 saturated carbocycles. The van der Waals surface area contributed by atoms with Crippen molar-refractivity contribution in [2.75, 3.05) is 7.11 Å². The lowest BCUT2D eigenvalue weighted by atomic mass is 10.1. The summed E-state index contributed by atoms with van der Waals surface area (Å²) in [5.41, 5.74) is 0.620. The third-order valence-corrected chi connectivity index (χ3v) is 6.73. The average Bonchev–Trinajstić information content (AvgIpc) is 2.81. The Morgan fingerprint density at radius 3 is 2.12 bits per heavy atom. The quantitative estimate of drug-likeness (QED) is 0.455. The molecule has 1 amide bonds. The molecule has 0 bridgehead atoms. The summed E-state index contributed by atoms with van der Waals surface area (Å²) in [7, 11) is -2.75. The number of benzene rings is 3. The summed E-state index contributed by atoms with van der Waals surface area (Å²) < 4.78 is 71.1. The zero-order chi connectivity index (χ0) is 24.9. The molecule has 3 rings (SSSR count). The van der Waals surface area contributed by atoms with Crippen LogP contribution in [0, 0.1) is 0 Å². The minimum atomic E-state index is -4.71. The molecule has 0 atom stereocenters. The van der Waals surface area contributed by atoms with Crippen LogP contribution in [0.3, 0.4) is 0 Å². The molecular formula is C23H20ClF3N2O4S. The lowest BCUT2D eigenvalue weighted by Gasteiger charge is -2.12. The van der Waals surface area contributed by atoms with E-state index in [0.717, 1.165) is 11.6 Å². The van der Waals surface area contributed by atoms with E-state index < -0.39 is 26.7 Å². The van der Waals surface area contributed by atoms with Crippen LogP contribution in [0.1, 0.15) is 27.0 Å². The van der Waals surface area contributed by atoms with E-state index in [0.29, 0.717) is 35.6 Å². The topological polar surface area (TPSA) is 84.5 Å². The Morgan fingerprint density at radius 2 is 1.53 bits per heavy atom. The third-order valence-electron chi connectivity index (χ3n) is 4.84. The lowest BCUT2D eigenvalue weighted by Crippen LogP contribution is -2.24. The van der Waals surface area contributed by atoms with E-state index >= 15 is 0 Å². The number of rotatable bonds is 8. The minimum absolute atomic E-state index is 0.206. The van der Waals surface area contributed by atoms with Crippen molar-refractivity contribution >= 4 is 27.5 Å². The molecule has 0 aliphatic rings. The van der Waals surface area contributed by atoms with Gasteiger partial charge in [-0.3, -0.25) is 4.79 Å². The Morgan fingerprint density at radius 1 is 0.941 bits per heavy atom. The van der Waals surface area contributed by atoms with Crippen LogP contribution in [0.4, 0.5) is 13.2 Å². The van der Waals surface area contributed by atoms with Gasteiger partial charge in [-0.25, -0.2) is 13.1 Å². The predicted molar refractivity (Wildman–Crippen MR) is 121 cm³/mol. The van der Waals surface area contributed by atoms with Crippen LogP contribution >= 0.6 is 11.6 Å². The maximum Gasteiger partial charge on any atom is 0.416 e. The van der Waals surface area contributed by atoms with Crippen molar-refractivity contribution in [2.24, 2.45) is 0 Å². The number of hydrogen-bond donors (Lipinski definition) is 2. The number of hydrogen-bond acceptors (Lipinski definition) is 4. The van der Waals surface area contributed by atoms with Crippen molar-refractivity contribution in [2.45, 2.75) is 24.2 Å². The number of ether oxygens (including phenoxy) is 1. The molecule has 0 radical (unpaired) electrons. The molecule has 0 saturated heterocycles. The fraction of sp³-hybridized carbons (Fsp3) is 0.174. The molecule has 0 unspecified atom stereocenters. The van der Waals surface area contributed by atoms with E-state index in [4.69, 9.17) is 16.3 Å². The summed E-state index contributed by atoms with van der Waals surface area (Å²) in [6.07, 6.45) is -4.71. The van der Waals surface area contributed by atoms with Crippen LogP contribution in [-0.2, 0) is 29.3 Å². The summed E-state index contributed by atoms with van der Waals surface area (Å²) in [6.45, 7) is 0.102. The summed E-state index contributed by atoms with van der Waals surface area (Å²) in [5.74, 6) is 0.385. The van der Waals surface area contributed by atoms with Crippen LogP contribution in [0.25, 0.3) is 0 Å². The van der Waals surface area contributed by atoms with Gasteiger partial charge in [0.1, 0.15) is 10.6 Å².